The molecule has 0 fully saturated rings. The summed E-state index contributed by atoms with van der Waals surface area (Å²) in [4.78, 5) is 4.19. The smallest absolute Gasteiger partial charge is 0.370 e. The van der Waals surface area contributed by atoms with Gasteiger partial charge < -0.3 is 23.1 Å². The van der Waals surface area contributed by atoms with E-state index in [0.29, 0.717) is 31.7 Å². The first-order chi connectivity index (χ1) is 16.3. The molecule has 184 valence electrons. The standard InChI is InChI=1S/C28H40N2O3Si/c1-8-31-34(32-9-2,33-10-3)26-14-11-24(12-15-26)20-29-17-18-30(21-29)28-16-13-25(22(4)5)19-27(28)23(6)7/h11-19,22-23H,8-10,20H2,1-7H3. The normalized spacial score (nSPS) is 14.1. The molecule has 34 heavy (non-hydrogen) atoms. The lowest BCUT2D eigenvalue weighted by Gasteiger charge is -2.28. The zero-order valence-electron chi connectivity index (χ0n) is 21.8. The molecule has 0 amide bonds. The van der Waals surface area contributed by atoms with Crippen LogP contribution in [0.1, 0.15) is 77.0 Å². The summed E-state index contributed by atoms with van der Waals surface area (Å²) in [5.41, 5.74) is 5.10. The van der Waals surface area contributed by atoms with E-state index in [1.54, 1.807) is 0 Å². The van der Waals surface area contributed by atoms with Gasteiger partial charge in [-0.1, -0.05) is 64.1 Å². The Morgan fingerprint density at radius 3 is 1.94 bits per heavy atom. The predicted molar refractivity (Wildman–Crippen MR) is 142 cm³/mol. The Bertz CT molecular complexity index is 926. The van der Waals surface area contributed by atoms with E-state index in [1.165, 1.54) is 22.4 Å². The second-order valence-corrected chi connectivity index (χ2v) is 11.6. The first-order valence-electron chi connectivity index (χ1n) is 12.5. The molecule has 2 aromatic rings. The van der Waals surface area contributed by atoms with E-state index >= 15 is 0 Å². The molecule has 0 bridgehead atoms. The predicted octanol–water partition coefficient (Wildman–Crippen LogP) is 5.98. The fraction of sp³-hybridized carbons (Fsp3) is 0.464. The van der Waals surface area contributed by atoms with E-state index in [-0.39, 0.29) is 0 Å². The molecule has 0 spiro atoms. The zero-order valence-corrected chi connectivity index (χ0v) is 22.8. The molecule has 0 aromatic heterocycles. The van der Waals surface area contributed by atoms with Gasteiger partial charge in [-0.2, -0.15) is 0 Å². The van der Waals surface area contributed by atoms with Gasteiger partial charge in [-0.05, 0) is 55.4 Å². The average Bonchev–Trinajstić information content (AvgIpc) is 3.27. The monoisotopic (exact) mass is 480 g/mol. The Balaban J connectivity index is 1.71. The summed E-state index contributed by atoms with van der Waals surface area (Å²) in [6.07, 6.45) is 4.16. The summed E-state index contributed by atoms with van der Waals surface area (Å²) in [5.74, 6) is 0.957. The maximum atomic E-state index is 6.04. The Labute approximate surface area is 207 Å². The molecule has 0 saturated heterocycles. The molecule has 0 saturated carbocycles. The molecule has 0 unspecified atom stereocenters. The van der Waals surface area contributed by atoms with Crippen molar-refractivity contribution in [1.29, 1.82) is 0 Å². The number of hydrogen-bond donors (Lipinski definition) is 0. The lowest BCUT2D eigenvalue weighted by molar-refractivity contribution is 0.0859. The molecule has 0 aliphatic carbocycles. The number of anilines is 1. The van der Waals surface area contributed by atoms with Gasteiger partial charge in [0.2, 0.25) is 6.67 Å². The van der Waals surface area contributed by atoms with E-state index in [4.69, 9.17) is 13.3 Å². The molecule has 5 nitrogen and oxygen atoms in total. The summed E-state index contributed by atoms with van der Waals surface area (Å²) in [7, 11) is -2.88. The van der Waals surface area contributed by atoms with E-state index in [9.17, 15) is 0 Å². The Hall–Kier alpha value is -2.12. The van der Waals surface area contributed by atoms with Crippen LogP contribution in [0.2, 0.25) is 0 Å². The molecule has 1 aliphatic heterocycles. The molecule has 0 N–H and O–H groups in total. The maximum Gasteiger partial charge on any atom is 0.537 e. The SMILES string of the molecule is CCO[Si](OCC)(OCC)c1ccc(CN2[C]N(c3ccc(C(C)C)cc3C(C)C)C=C2)cc1. The molecule has 6 heteroatoms. The Kier molecular flexibility index (Phi) is 9.37. The van der Waals surface area contributed by atoms with Gasteiger partial charge in [0.1, 0.15) is 0 Å². The van der Waals surface area contributed by atoms with Crippen molar-refractivity contribution in [1.82, 2.24) is 4.90 Å². The highest BCUT2D eigenvalue weighted by molar-refractivity contribution is 6.75. The van der Waals surface area contributed by atoms with Crippen LogP contribution in [0.3, 0.4) is 0 Å². The quantitative estimate of drug-likeness (QED) is 0.349. The highest BCUT2D eigenvalue weighted by Gasteiger charge is 2.43. The maximum absolute atomic E-state index is 6.04. The topological polar surface area (TPSA) is 34.2 Å². The summed E-state index contributed by atoms with van der Waals surface area (Å²) < 4.78 is 18.1. The van der Waals surface area contributed by atoms with Crippen molar-refractivity contribution < 1.29 is 13.3 Å². The van der Waals surface area contributed by atoms with Crippen LogP contribution in [-0.2, 0) is 19.8 Å². The largest absolute Gasteiger partial charge is 0.537 e. The number of hydrogen-bond acceptors (Lipinski definition) is 5. The van der Waals surface area contributed by atoms with Crippen LogP contribution in [-0.4, -0.2) is 33.5 Å². The fourth-order valence-corrected chi connectivity index (χ4v) is 6.61. The summed E-state index contributed by atoms with van der Waals surface area (Å²) in [6, 6.07) is 15.2. The Morgan fingerprint density at radius 1 is 0.794 bits per heavy atom. The van der Waals surface area contributed by atoms with Crippen LogP contribution in [0.4, 0.5) is 5.69 Å². The van der Waals surface area contributed by atoms with Crippen molar-refractivity contribution in [2.24, 2.45) is 0 Å². The molecule has 2 aromatic carbocycles. The first-order valence-corrected chi connectivity index (χ1v) is 14.2. The van der Waals surface area contributed by atoms with Crippen LogP contribution in [0.5, 0.6) is 0 Å². The van der Waals surface area contributed by atoms with Gasteiger partial charge in [0.25, 0.3) is 0 Å². The molecule has 2 radical (unpaired) electrons. The van der Waals surface area contributed by atoms with Gasteiger partial charge in [-0.25, -0.2) is 0 Å². The second-order valence-electron chi connectivity index (χ2n) is 9.08. The molecular formula is C28H40N2O3Si. The second kappa shape index (κ2) is 12.0. The third-order valence-corrected chi connectivity index (χ3v) is 8.94. The van der Waals surface area contributed by atoms with Crippen molar-refractivity contribution in [2.45, 2.75) is 66.8 Å². The third kappa shape index (κ3) is 6.11. The fourth-order valence-electron chi connectivity index (χ4n) is 4.14. The van der Waals surface area contributed by atoms with Crippen molar-refractivity contribution in [3.05, 3.63) is 78.2 Å². The van der Waals surface area contributed by atoms with Crippen molar-refractivity contribution in [3.63, 3.8) is 0 Å². The highest BCUT2D eigenvalue weighted by atomic mass is 28.4. The molecule has 0 atom stereocenters. The van der Waals surface area contributed by atoms with Crippen LogP contribution in [0, 0.1) is 6.67 Å². The van der Waals surface area contributed by atoms with Gasteiger partial charge in [0, 0.05) is 49.6 Å². The van der Waals surface area contributed by atoms with Gasteiger partial charge in [0.15, 0.2) is 0 Å². The van der Waals surface area contributed by atoms with E-state index in [2.05, 4.69) is 99.0 Å². The van der Waals surface area contributed by atoms with Crippen LogP contribution in [0.25, 0.3) is 0 Å². The minimum atomic E-state index is -2.88. The van der Waals surface area contributed by atoms with Gasteiger partial charge in [-0.3, -0.25) is 0 Å². The molecular weight excluding hydrogens is 440 g/mol. The van der Waals surface area contributed by atoms with Gasteiger partial charge in [-0.15, -0.1) is 0 Å². The number of nitrogens with zero attached hydrogens (tertiary/aromatic N) is 2. The van der Waals surface area contributed by atoms with Crippen molar-refractivity contribution in [3.8, 4) is 0 Å². The molecule has 3 rings (SSSR count). The van der Waals surface area contributed by atoms with Crippen molar-refractivity contribution >= 4 is 19.7 Å². The Morgan fingerprint density at radius 2 is 1.41 bits per heavy atom. The lowest BCUT2D eigenvalue weighted by Crippen LogP contribution is -2.56. The summed E-state index contributed by atoms with van der Waals surface area (Å²) in [6.45, 7) is 20.8. The zero-order chi connectivity index (χ0) is 24.7. The van der Waals surface area contributed by atoms with Crippen LogP contribution in [0.15, 0.2) is 54.9 Å². The van der Waals surface area contributed by atoms with Crippen LogP contribution < -0.4 is 10.1 Å². The number of rotatable bonds is 12. The lowest BCUT2D eigenvalue weighted by atomic mass is 9.94. The van der Waals surface area contributed by atoms with Gasteiger partial charge >= 0.3 is 8.80 Å². The molecule has 1 heterocycles. The third-order valence-electron chi connectivity index (χ3n) is 5.90. The minimum absolute atomic E-state index is 0.441. The average molecular weight is 481 g/mol. The summed E-state index contributed by atoms with van der Waals surface area (Å²) in [5, 5.41) is 1.00. The van der Waals surface area contributed by atoms with Gasteiger partial charge in [0.05, 0.1) is 0 Å². The highest BCUT2D eigenvalue weighted by Crippen LogP contribution is 2.34. The van der Waals surface area contributed by atoms with Crippen LogP contribution >= 0.6 is 0 Å². The summed E-state index contributed by atoms with van der Waals surface area (Å²) >= 11 is 0. The van der Waals surface area contributed by atoms with E-state index in [1.807, 2.05) is 20.8 Å². The van der Waals surface area contributed by atoms with Crippen molar-refractivity contribution in [2.75, 3.05) is 24.7 Å². The van der Waals surface area contributed by atoms with E-state index in [0.717, 1.165) is 11.7 Å². The first kappa shape index (κ1) is 26.5. The molecule has 1 aliphatic rings. The minimum Gasteiger partial charge on any atom is -0.370 e. The number of benzene rings is 2. The van der Waals surface area contributed by atoms with E-state index < -0.39 is 8.80 Å².